The van der Waals surface area contributed by atoms with E-state index in [0.29, 0.717) is 6.04 Å². The fourth-order valence-electron chi connectivity index (χ4n) is 3.74. The van der Waals surface area contributed by atoms with Crippen LogP contribution in [0.3, 0.4) is 0 Å². The highest BCUT2D eigenvalue weighted by Gasteiger charge is 2.31. The third kappa shape index (κ3) is 4.31. The van der Waals surface area contributed by atoms with E-state index in [2.05, 4.69) is 42.1 Å². The average Bonchev–Trinajstić information content (AvgIpc) is 3.10. The molecule has 3 heterocycles. The van der Waals surface area contributed by atoms with Gasteiger partial charge in [-0.2, -0.15) is 0 Å². The van der Waals surface area contributed by atoms with Crippen LogP contribution >= 0.6 is 11.3 Å². The van der Waals surface area contributed by atoms with Gasteiger partial charge in [-0.05, 0) is 76.7 Å². The molecule has 2 fully saturated rings. The lowest BCUT2D eigenvalue weighted by Gasteiger charge is -2.39. The Morgan fingerprint density at radius 1 is 1.36 bits per heavy atom. The zero-order chi connectivity index (χ0) is 15.6. The highest BCUT2D eigenvalue weighted by atomic mass is 32.1. The maximum Gasteiger partial charge on any atom is 0.0641 e. The SMILES string of the molecule is CN(Cc1cc(CN2CCCC2)cs1)[C@@H]1CCOC(C)(C)C1. The smallest absolute Gasteiger partial charge is 0.0641 e. The normalized spacial score (nSPS) is 25.9. The lowest BCUT2D eigenvalue weighted by Crippen LogP contribution is -2.44. The molecule has 0 amide bonds. The number of rotatable bonds is 5. The van der Waals surface area contributed by atoms with Gasteiger partial charge < -0.3 is 4.74 Å². The highest BCUT2D eigenvalue weighted by Crippen LogP contribution is 2.28. The molecule has 2 aliphatic rings. The van der Waals surface area contributed by atoms with Gasteiger partial charge in [-0.3, -0.25) is 9.80 Å². The first-order chi connectivity index (χ1) is 10.5. The standard InChI is InChI=1S/C18H30N2OS/c1-18(2)11-16(6-9-21-18)19(3)13-17-10-15(14-22-17)12-20-7-4-5-8-20/h10,14,16H,4-9,11-13H2,1-3H3/t16-/m1/s1. The van der Waals surface area contributed by atoms with Crippen molar-refractivity contribution in [3.05, 3.63) is 21.9 Å². The van der Waals surface area contributed by atoms with Crippen molar-refractivity contribution in [2.24, 2.45) is 0 Å². The summed E-state index contributed by atoms with van der Waals surface area (Å²) in [4.78, 5) is 6.60. The summed E-state index contributed by atoms with van der Waals surface area (Å²) >= 11 is 1.93. The second kappa shape index (κ2) is 7.00. The van der Waals surface area contributed by atoms with Crippen LogP contribution in [0.25, 0.3) is 0 Å². The summed E-state index contributed by atoms with van der Waals surface area (Å²) in [5.41, 5.74) is 1.54. The van der Waals surface area contributed by atoms with Crippen LogP contribution in [0.2, 0.25) is 0 Å². The van der Waals surface area contributed by atoms with Gasteiger partial charge in [0.15, 0.2) is 0 Å². The fourth-order valence-corrected chi connectivity index (χ4v) is 4.68. The van der Waals surface area contributed by atoms with Gasteiger partial charge in [0.2, 0.25) is 0 Å². The van der Waals surface area contributed by atoms with Gasteiger partial charge >= 0.3 is 0 Å². The van der Waals surface area contributed by atoms with E-state index < -0.39 is 0 Å². The predicted octanol–water partition coefficient (Wildman–Crippen LogP) is 3.73. The Bertz CT molecular complexity index is 479. The molecule has 1 aromatic rings. The number of hydrogen-bond donors (Lipinski definition) is 0. The summed E-state index contributed by atoms with van der Waals surface area (Å²) in [5, 5.41) is 2.36. The van der Waals surface area contributed by atoms with Gasteiger partial charge in [0, 0.05) is 30.6 Å². The third-order valence-corrected chi connectivity index (χ3v) is 5.98. The van der Waals surface area contributed by atoms with Gasteiger partial charge in [0.1, 0.15) is 0 Å². The molecular weight excluding hydrogens is 292 g/mol. The molecule has 0 saturated carbocycles. The van der Waals surface area contributed by atoms with E-state index in [1.54, 1.807) is 0 Å². The van der Waals surface area contributed by atoms with E-state index in [9.17, 15) is 0 Å². The van der Waals surface area contributed by atoms with Gasteiger partial charge in [0.05, 0.1) is 5.60 Å². The molecule has 0 spiro atoms. The van der Waals surface area contributed by atoms with Gasteiger partial charge in [-0.25, -0.2) is 0 Å². The minimum Gasteiger partial charge on any atom is -0.375 e. The zero-order valence-corrected chi connectivity index (χ0v) is 15.1. The van der Waals surface area contributed by atoms with E-state index in [1.165, 1.54) is 36.4 Å². The number of nitrogens with zero attached hydrogens (tertiary/aromatic N) is 2. The van der Waals surface area contributed by atoms with Crippen LogP contribution in [0.1, 0.15) is 50.0 Å². The second-order valence-electron chi connectivity index (χ2n) is 7.57. The Hall–Kier alpha value is -0.420. The molecule has 3 rings (SSSR count). The summed E-state index contributed by atoms with van der Waals surface area (Å²) in [6.07, 6.45) is 5.04. The summed E-state index contributed by atoms with van der Waals surface area (Å²) in [5.74, 6) is 0. The zero-order valence-electron chi connectivity index (χ0n) is 14.3. The Morgan fingerprint density at radius 3 is 2.86 bits per heavy atom. The monoisotopic (exact) mass is 322 g/mol. The van der Waals surface area contributed by atoms with Gasteiger partial charge in [-0.15, -0.1) is 11.3 Å². The van der Waals surface area contributed by atoms with Crippen LogP contribution in [0.4, 0.5) is 0 Å². The maximum absolute atomic E-state index is 5.84. The van der Waals surface area contributed by atoms with E-state index in [1.807, 2.05) is 11.3 Å². The van der Waals surface area contributed by atoms with E-state index in [0.717, 1.165) is 32.5 Å². The quantitative estimate of drug-likeness (QED) is 0.821. The van der Waals surface area contributed by atoms with Crippen molar-refractivity contribution in [3.63, 3.8) is 0 Å². The van der Waals surface area contributed by atoms with Crippen molar-refractivity contribution in [3.8, 4) is 0 Å². The number of likely N-dealkylation sites (tertiary alicyclic amines) is 1. The third-order valence-electron chi connectivity index (χ3n) is 5.01. The molecule has 0 radical (unpaired) electrons. The van der Waals surface area contributed by atoms with E-state index in [4.69, 9.17) is 4.74 Å². The van der Waals surface area contributed by atoms with Crippen LogP contribution in [0.5, 0.6) is 0 Å². The summed E-state index contributed by atoms with van der Waals surface area (Å²) in [6, 6.07) is 3.07. The molecule has 2 saturated heterocycles. The van der Waals surface area contributed by atoms with Crippen LogP contribution in [0.15, 0.2) is 11.4 Å². The topological polar surface area (TPSA) is 15.7 Å². The first kappa shape index (κ1) is 16.4. The van der Waals surface area contributed by atoms with Crippen molar-refractivity contribution >= 4 is 11.3 Å². The van der Waals surface area contributed by atoms with Gasteiger partial charge in [-0.1, -0.05) is 0 Å². The molecule has 0 aliphatic carbocycles. The lowest BCUT2D eigenvalue weighted by atomic mass is 9.93. The summed E-state index contributed by atoms with van der Waals surface area (Å²) in [7, 11) is 2.27. The average molecular weight is 323 g/mol. The molecule has 2 aliphatic heterocycles. The predicted molar refractivity (Wildman–Crippen MR) is 93.4 cm³/mol. The van der Waals surface area contributed by atoms with Crippen LogP contribution < -0.4 is 0 Å². The molecular formula is C18H30N2OS. The second-order valence-corrected chi connectivity index (χ2v) is 8.57. The largest absolute Gasteiger partial charge is 0.375 e. The molecule has 4 heteroatoms. The minimum absolute atomic E-state index is 0.0353. The molecule has 1 atom stereocenters. The summed E-state index contributed by atoms with van der Waals surface area (Å²) < 4.78 is 5.84. The molecule has 22 heavy (non-hydrogen) atoms. The van der Waals surface area contributed by atoms with E-state index >= 15 is 0 Å². The fraction of sp³-hybridized carbons (Fsp3) is 0.778. The molecule has 0 aromatic carbocycles. The van der Waals surface area contributed by atoms with Gasteiger partial charge in [0.25, 0.3) is 0 Å². The van der Waals surface area contributed by atoms with Crippen molar-refractivity contribution in [1.29, 1.82) is 0 Å². The van der Waals surface area contributed by atoms with Crippen molar-refractivity contribution in [1.82, 2.24) is 9.80 Å². The lowest BCUT2D eigenvalue weighted by molar-refractivity contribution is -0.0808. The first-order valence-electron chi connectivity index (χ1n) is 8.65. The Labute approximate surface area is 139 Å². The molecule has 124 valence electrons. The van der Waals surface area contributed by atoms with E-state index in [-0.39, 0.29) is 5.60 Å². The van der Waals surface area contributed by atoms with Crippen LogP contribution in [-0.2, 0) is 17.8 Å². The highest BCUT2D eigenvalue weighted by molar-refractivity contribution is 7.10. The maximum atomic E-state index is 5.84. The molecule has 0 bridgehead atoms. The van der Waals surface area contributed by atoms with Crippen molar-refractivity contribution in [2.75, 3.05) is 26.7 Å². The summed E-state index contributed by atoms with van der Waals surface area (Å²) in [6.45, 7) is 10.1. The molecule has 1 aromatic heterocycles. The first-order valence-corrected chi connectivity index (χ1v) is 9.53. The van der Waals surface area contributed by atoms with Crippen LogP contribution in [0, 0.1) is 0 Å². The molecule has 0 unspecified atom stereocenters. The Morgan fingerprint density at radius 2 is 2.14 bits per heavy atom. The molecule has 0 N–H and O–H groups in total. The minimum atomic E-state index is 0.0353. The van der Waals surface area contributed by atoms with Crippen molar-refractivity contribution < 1.29 is 4.74 Å². The van der Waals surface area contributed by atoms with Crippen molar-refractivity contribution in [2.45, 2.75) is 64.3 Å². The number of thiophene rings is 1. The Kier molecular flexibility index (Phi) is 5.23. The van der Waals surface area contributed by atoms with Crippen LogP contribution in [-0.4, -0.2) is 48.2 Å². The number of ether oxygens (including phenoxy) is 1. The number of hydrogen-bond acceptors (Lipinski definition) is 4. The Balaban J connectivity index is 1.52. The molecule has 3 nitrogen and oxygen atoms in total.